The summed E-state index contributed by atoms with van der Waals surface area (Å²) in [5.41, 5.74) is 0. The lowest BCUT2D eigenvalue weighted by Crippen LogP contribution is -2.50. The monoisotopic (exact) mass is 468 g/mol. The number of esters is 1. The molecule has 1 aromatic rings. The van der Waals surface area contributed by atoms with Crippen molar-refractivity contribution in [3.8, 4) is 11.5 Å². The van der Waals surface area contributed by atoms with Crippen molar-refractivity contribution >= 4 is 21.9 Å². The highest BCUT2D eigenvalue weighted by Crippen LogP contribution is 2.35. The summed E-state index contributed by atoms with van der Waals surface area (Å²) in [5, 5.41) is 0. The SMILES string of the molecule is CCOC(=O)C1CCN(S(=O)(=O)c2ccc3c(c2)OC[C@@H](C(=O)N2CCOCC2)O3)CC1. The molecular weight excluding hydrogens is 440 g/mol. The van der Waals surface area contributed by atoms with Crippen LogP contribution in [0.25, 0.3) is 0 Å². The fourth-order valence-corrected chi connectivity index (χ4v) is 5.55. The summed E-state index contributed by atoms with van der Waals surface area (Å²) in [6.07, 6.45) is 0.0759. The van der Waals surface area contributed by atoms with E-state index in [1.165, 1.54) is 22.5 Å². The Morgan fingerprint density at radius 1 is 1.09 bits per heavy atom. The number of fused-ring (bicyclic) bond motifs is 1. The lowest BCUT2D eigenvalue weighted by atomic mass is 9.98. The van der Waals surface area contributed by atoms with Crippen LogP contribution in [-0.4, -0.2) is 88.2 Å². The first kappa shape index (κ1) is 22.8. The number of morpholine rings is 1. The Morgan fingerprint density at radius 3 is 2.50 bits per heavy atom. The van der Waals surface area contributed by atoms with Gasteiger partial charge in [-0.15, -0.1) is 0 Å². The fourth-order valence-electron chi connectivity index (χ4n) is 4.06. The van der Waals surface area contributed by atoms with Crippen molar-refractivity contribution in [3.05, 3.63) is 18.2 Å². The van der Waals surface area contributed by atoms with Gasteiger partial charge in [-0.1, -0.05) is 0 Å². The summed E-state index contributed by atoms with van der Waals surface area (Å²) in [5.74, 6) is -0.0888. The summed E-state index contributed by atoms with van der Waals surface area (Å²) in [6.45, 7) is 4.57. The van der Waals surface area contributed by atoms with E-state index in [9.17, 15) is 18.0 Å². The molecule has 1 atom stereocenters. The summed E-state index contributed by atoms with van der Waals surface area (Å²) in [7, 11) is -3.75. The van der Waals surface area contributed by atoms with Crippen molar-refractivity contribution in [2.75, 3.05) is 52.6 Å². The molecule has 0 aromatic heterocycles. The van der Waals surface area contributed by atoms with Crippen LogP contribution >= 0.6 is 0 Å². The highest BCUT2D eigenvalue weighted by molar-refractivity contribution is 7.89. The average Bonchev–Trinajstić information content (AvgIpc) is 2.83. The number of hydrogen-bond acceptors (Lipinski definition) is 8. The molecule has 0 N–H and O–H groups in total. The Bertz CT molecular complexity index is 953. The van der Waals surface area contributed by atoms with E-state index >= 15 is 0 Å². The first-order valence-electron chi connectivity index (χ1n) is 10.9. The maximum Gasteiger partial charge on any atom is 0.309 e. The lowest BCUT2D eigenvalue weighted by Gasteiger charge is -2.33. The third kappa shape index (κ3) is 4.69. The zero-order chi connectivity index (χ0) is 22.7. The van der Waals surface area contributed by atoms with Gasteiger partial charge in [-0.25, -0.2) is 8.42 Å². The van der Waals surface area contributed by atoms with Crippen LogP contribution in [0, 0.1) is 5.92 Å². The van der Waals surface area contributed by atoms with E-state index in [1.807, 2.05) is 0 Å². The van der Waals surface area contributed by atoms with Crippen molar-refractivity contribution < 1.29 is 37.0 Å². The van der Waals surface area contributed by atoms with Gasteiger partial charge in [0.1, 0.15) is 6.61 Å². The van der Waals surface area contributed by atoms with Crippen LogP contribution in [0.2, 0.25) is 0 Å². The number of benzene rings is 1. The zero-order valence-electron chi connectivity index (χ0n) is 18.0. The Labute approximate surface area is 187 Å². The van der Waals surface area contributed by atoms with E-state index in [-0.39, 0.29) is 42.4 Å². The van der Waals surface area contributed by atoms with E-state index in [4.69, 9.17) is 18.9 Å². The van der Waals surface area contributed by atoms with Crippen LogP contribution in [0.1, 0.15) is 19.8 Å². The first-order chi connectivity index (χ1) is 15.4. The second kappa shape index (κ2) is 9.63. The Morgan fingerprint density at radius 2 is 1.81 bits per heavy atom. The lowest BCUT2D eigenvalue weighted by molar-refractivity contribution is -0.149. The third-order valence-corrected chi connectivity index (χ3v) is 7.78. The van der Waals surface area contributed by atoms with Gasteiger partial charge in [-0.3, -0.25) is 9.59 Å². The molecule has 0 bridgehead atoms. The smallest absolute Gasteiger partial charge is 0.309 e. The summed E-state index contributed by atoms with van der Waals surface area (Å²) in [4.78, 5) is 26.3. The molecule has 2 saturated heterocycles. The Kier molecular flexibility index (Phi) is 6.87. The molecule has 0 aliphatic carbocycles. The molecular formula is C21H28N2O8S. The zero-order valence-corrected chi connectivity index (χ0v) is 18.8. The molecule has 4 rings (SSSR count). The molecule has 1 aromatic carbocycles. The van der Waals surface area contributed by atoms with E-state index in [2.05, 4.69) is 0 Å². The van der Waals surface area contributed by atoms with Gasteiger partial charge in [0, 0.05) is 32.2 Å². The molecule has 2 fully saturated rings. The van der Waals surface area contributed by atoms with Crippen molar-refractivity contribution in [1.29, 1.82) is 0 Å². The van der Waals surface area contributed by atoms with Crippen molar-refractivity contribution in [2.24, 2.45) is 5.92 Å². The van der Waals surface area contributed by atoms with Crippen molar-refractivity contribution in [1.82, 2.24) is 9.21 Å². The van der Waals surface area contributed by atoms with Gasteiger partial charge >= 0.3 is 5.97 Å². The number of carbonyl (C=O) groups excluding carboxylic acids is 2. The molecule has 0 unspecified atom stereocenters. The second-order valence-electron chi connectivity index (χ2n) is 7.89. The molecule has 176 valence electrons. The normalized spacial score (nSPS) is 22.4. The fraction of sp³-hybridized carbons (Fsp3) is 0.619. The molecule has 1 amide bonds. The molecule has 3 aliphatic heterocycles. The minimum absolute atomic E-state index is 0.0115. The molecule has 11 heteroatoms. The largest absolute Gasteiger partial charge is 0.485 e. The Hall–Kier alpha value is -2.37. The maximum atomic E-state index is 13.1. The van der Waals surface area contributed by atoms with Gasteiger partial charge in [-0.05, 0) is 31.9 Å². The van der Waals surface area contributed by atoms with Gasteiger partial charge in [0.15, 0.2) is 11.5 Å². The summed E-state index contributed by atoms with van der Waals surface area (Å²) < 4.78 is 49.4. The summed E-state index contributed by atoms with van der Waals surface area (Å²) >= 11 is 0. The highest BCUT2D eigenvalue weighted by atomic mass is 32.2. The van der Waals surface area contributed by atoms with Crippen LogP contribution < -0.4 is 9.47 Å². The van der Waals surface area contributed by atoms with Crippen LogP contribution in [0.3, 0.4) is 0 Å². The minimum atomic E-state index is -3.75. The first-order valence-corrected chi connectivity index (χ1v) is 12.3. The quantitative estimate of drug-likeness (QED) is 0.579. The molecule has 0 radical (unpaired) electrons. The topological polar surface area (TPSA) is 112 Å². The summed E-state index contributed by atoms with van der Waals surface area (Å²) in [6, 6.07) is 4.40. The number of ether oxygens (including phenoxy) is 4. The predicted molar refractivity (Wildman–Crippen MR) is 112 cm³/mol. The number of rotatable bonds is 5. The average molecular weight is 469 g/mol. The van der Waals surface area contributed by atoms with Crippen molar-refractivity contribution in [2.45, 2.75) is 30.8 Å². The van der Waals surface area contributed by atoms with E-state index < -0.39 is 16.1 Å². The molecule has 32 heavy (non-hydrogen) atoms. The van der Waals surface area contributed by atoms with E-state index in [0.29, 0.717) is 57.3 Å². The Balaban J connectivity index is 1.41. The van der Waals surface area contributed by atoms with Gasteiger partial charge in [-0.2, -0.15) is 4.31 Å². The number of amides is 1. The third-order valence-electron chi connectivity index (χ3n) is 5.88. The highest BCUT2D eigenvalue weighted by Gasteiger charge is 2.35. The van der Waals surface area contributed by atoms with Gasteiger partial charge < -0.3 is 23.8 Å². The van der Waals surface area contributed by atoms with Crippen LogP contribution in [0.15, 0.2) is 23.1 Å². The minimum Gasteiger partial charge on any atom is -0.485 e. The van der Waals surface area contributed by atoms with Crippen LogP contribution in [0.4, 0.5) is 0 Å². The van der Waals surface area contributed by atoms with Crippen LogP contribution in [0.5, 0.6) is 11.5 Å². The van der Waals surface area contributed by atoms with Crippen LogP contribution in [-0.2, 0) is 29.1 Å². The molecule has 10 nitrogen and oxygen atoms in total. The second-order valence-corrected chi connectivity index (χ2v) is 9.83. The van der Waals surface area contributed by atoms with Gasteiger partial charge in [0.2, 0.25) is 16.1 Å². The van der Waals surface area contributed by atoms with Gasteiger partial charge in [0.05, 0.1) is 30.6 Å². The molecule has 3 heterocycles. The number of carbonyl (C=O) groups is 2. The maximum absolute atomic E-state index is 13.1. The number of piperidine rings is 1. The standard InChI is InChI=1S/C21H28N2O8S/c1-2-29-21(25)15-5-7-23(8-6-15)32(26,27)16-3-4-17-18(13-16)30-14-19(31-17)20(24)22-9-11-28-12-10-22/h3-4,13,15,19H,2,5-12,14H2,1H3/t19-/m0/s1. The van der Waals surface area contributed by atoms with Crippen molar-refractivity contribution in [3.63, 3.8) is 0 Å². The number of sulfonamides is 1. The molecule has 3 aliphatic rings. The predicted octanol–water partition coefficient (Wildman–Crippen LogP) is 0.649. The molecule has 0 saturated carbocycles. The van der Waals surface area contributed by atoms with Gasteiger partial charge in [0.25, 0.3) is 5.91 Å². The number of hydrogen-bond donors (Lipinski definition) is 0. The number of nitrogens with zero attached hydrogens (tertiary/aromatic N) is 2. The van der Waals surface area contributed by atoms with E-state index in [1.54, 1.807) is 11.8 Å². The molecule has 0 spiro atoms. The van der Waals surface area contributed by atoms with E-state index in [0.717, 1.165) is 0 Å².